The van der Waals surface area contributed by atoms with Crippen molar-refractivity contribution in [2.45, 2.75) is 0 Å². The Labute approximate surface area is 565 Å². The van der Waals surface area contributed by atoms with Gasteiger partial charge in [0.15, 0.2) is 0 Å². The summed E-state index contributed by atoms with van der Waals surface area (Å²) in [6.07, 6.45) is 0. The second-order valence-electron chi connectivity index (χ2n) is 25.9. The Morgan fingerprint density at radius 3 is 0.918 bits per heavy atom. The molecule has 5 heteroatoms. The lowest BCUT2D eigenvalue weighted by Gasteiger charge is -2.16. The van der Waals surface area contributed by atoms with E-state index < -0.39 is 0 Å². The molecule has 0 aliphatic rings. The molecule has 0 saturated carbocycles. The van der Waals surface area contributed by atoms with E-state index in [2.05, 4.69) is 376 Å². The van der Waals surface area contributed by atoms with Gasteiger partial charge in [-0.2, -0.15) is 0 Å². The molecular formula is C93H59N5. The molecule has 98 heavy (non-hydrogen) atoms. The molecule has 0 spiro atoms. The first-order valence-electron chi connectivity index (χ1n) is 33.7. The molecule has 5 heterocycles. The Morgan fingerprint density at radius 2 is 0.480 bits per heavy atom. The number of rotatable bonds is 10. The molecule has 0 amide bonds. The van der Waals surface area contributed by atoms with Crippen LogP contribution in [0.15, 0.2) is 358 Å². The number of pyridine rings is 1. The van der Waals surface area contributed by atoms with Crippen LogP contribution < -0.4 is 0 Å². The van der Waals surface area contributed by atoms with Crippen LogP contribution in [-0.2, 0) is 0 Å². The minimum Gasteiger partial charge on any atom is -0.309 e. The first kappa shape index (κ1) is 55.4. The Bertz CT molecular complexity index is 6530. The molecule has 0 aliphatic heterocycles. The maximum absolute atomic E-state index is 5.75. The van der Waals surface area contributed by atoms with Crippen molar-refractivity contribution in [3.8, 4) is 89.6 Å². The van der Waals surface area contributed by atoms with Gasteiger partial charge in [0.05, 0.1) is 49.7 Å². The van der Waals surface area contributed by atoms with Crippen LogP contribution >= 0.6 is 0 Å². The van der Waals surface area contributed by atoms with Crippen molar-refractivity contribution in [2.75, 3.05) is 0 Å². The van der Waals surface area contributed by atoms with Crippen LogP contribution in [0.2, 0.25) is 0 Å². The topological polar surface area (TPSA) is 32.6 Å². The molecule has 0 saturated heterocycles. The van der Waals surface area contributed by atoms with E-state index in [0.717, 1.165) is 83.7 Å². The molecule has 0 unspecified atom stereocenters. The van der Waals surface area contributed by atoms with Crippen LogP contribution in [0.4, 0.5) is 0 Å². The predicted octanol–water partition coefficient (Wildman–Crippen LogP) is 24.6. The minimum absolute atomic E-state index is 0.851. The Morgan fingerprint density at radius 1 is 0.163 bits per heavy atom. The molecule has 20 aromatic rings. The Balaban J connectivity index is 0.762. The predicted molar refractivity (Wildman–Crippen MR) is 412 cm³/mol. The van der Waals surface area contributed by atoms with Gasteiger partial charge < -0.3 is 13.7 Å². The molecule has 0 aliphatic carbocycles. The van der Waals surface area contributed by atoms with Gasteiger partial charge in [-0.05, 0) is 212 Å². The maximum Gasteiger partial charge on any atom is 0.138 e. The summed E-state index contributed by atoms with van der Waals surface area (Å²) in [6.45, 7) is 0. The molecule has 0 fully saturated rings. The summed E-state index contributed by atoms with van der Waals surface area (Å²) in [5.41, 5.74) is 27.4. The van der Waals surface area contributed by atoms with Crippen molar-refractivity contribution in [3.63, 3.8) is 0 Å². The maximum atomic E-state index is 5.75. The number of hydrogen-bond donors (Lipinski definition) is 0. The third-order valence-electron chi connectivity index (χ3n) is 20.3. The van der Waals surface area contributed by atoms with Crippen molar-refractivity contribution in [3.05, 3.63) is 358 Å². The monoisotopic (exact) mass is 1250 g/mol. The fraction of sp³-hybridized carbons (Fsp3) is 0. The smallest absolute Gasteiger partial charge is 0.138 e. The van der Waals surface area contributed by atoms with Crippen LogP contribution in [0.25, 0.3) is 188 Å². The van der Waals surface area contributed by atoms with Crippen LogP contribution in [0.3, 0.4) is 0 Å². The quantitative estimate of drug-likeness (QED) is 0.134. The summed E-state index contributed by atoms with van der Waals surface area (Å²) in [5.74, 6) is 0.851. The molecule has 456 valence electrons. The van der Waals surface area contributed by atoms with Gasteiger partial charge in [-0.15, -0.1) is 0 Å². The standard InChI is InChI=1S/C93H59N5/c1-5-22-60(23-6-1)68-51-69(61-24-7-2-8-25-61)53-70(52-68)62-26-21-27-67(50-62)78-59-93(98-88-39-20-16-35-77(88)83-57-66(43-49-92(83)98)64-41-47-90-81(55-64)75-33-14-18-37-86(75)96(90)72-30-11-4-12-31-72)94-84-45-44-73(58-79(78)84)97-87-38-19-15-34-76(87)82-56-65(42-48-91(82)97)63-40-46-89-80(54-63)74-32-13-17-36-85(74)95(89)71-28-9-3-10-29-71/h1-59H. The summed E-state index contributed by atoms with van der Waals surface area (Å²) >= 11 is 0. The molecule has 0 atom stereocenters. The molecule has 0 bridgehead atoms. The van der Waals surface area contributed by atoms with E-state index in [0.29, 0.717) is 0 Å². The molecule has 20 rings (SSSR count). The highest BCUT2D eigenvalue weighted by atomic mass is 15.1. The molecule has 0 radical (unpaired) electrons. The van der Waals surface area contributed by atoms with E-state index in [1.54, 1.807) is 0 Å². The number of nitrogens with zero attached hydrogens (tertiary/aromatic N) is 5. The second kappa shape index (κ2) is 22.3. The fourth-order valence-electron chi connectivity index (χ4n) is 15.8. The van der Waals surface area contributed by atoms with E-state index in [4.69, 9.17) is 4.98 Å². The van der Waals surface area contributed by atoms with Crippen LogP contribution in [-0.4, -0.2) is 23.3 Å². The minimum atomic E-state index is 0.851. The second-order valence-corrected chi connectivity index (χ2v) is 25.9. The highest BCUT2D eigenvalue weighted by Crippen LogP contribution is 2.44. The third-order valence-corrected chi connectivity index (χ3v) is 20.3. The zero-order valence-electron chi connectivity index (χ0n) is 53.3. The van der Waals surface area contributed by atoms with E-state index in [1.807, 2.05) is 0 Å². The summed E-state index contributed by atoms with van der Waals surface area (Å²) in [4.78, 5) is 5.75. The van der Waals surface area contributed by atoms with Gasteiger partial charge in [0, 0.05) is 65.5 Å². The number of benzene rings is 15. The van der Waals surface area contributed by atoms with Crippen molar-refractivity contribution >= 4 is 98.1 Å². The third kappa shape index (κ3) is 8.91. The highest BCUT2D eigenvalue weighted by molar-refractivity contribution is 6.15. The lowest BCUT2D eigenvalue weighted by Crippen LogP contribution is -2.01. The van der Waals surface area contributed by atoms with Crippen molar-refractivity contribution in [1.29, 1.82) is 0 Å². The van der Waals surface area contributed by atoms with E-state index >= 15 is 0 Å². The first-order chi connectivity index (χ1) is 48.6. The van der Waals surface area contributed by atoms with Gasteiger partial charge >= 0.3 is 0 Å². The van der Waals surface area contributed by atoms with Crippen molar-refractivity contribution in [1.82, 2.24) is 23.3 Å². The fourth-order valence-corrected chi connectivity index (χ4v) is 15.8. The number of para-hydroxylation sites is 6. The molecule has 5 nitrogen and oxygen atoms in total. The summed E-state index contributed by atoms with van der Waals surface area (Å²) < 4.78 is 9.59. The van der Waals surface area contributed by atoms with E-state index in [9.17, 15) is 0 Å². The first-order valence-corrected chi connectivity index (χ1v) is 33.7. The lowest BCUT2D eigenvalue weighted by molar-refractivity contribution is 1.10. The average Bonchev–Trinajstić information content (AvgIpc) is 1.50. The van der Waals surface area contributed by atoms with Gasteiger partial charge in [-0.1, -0.05) is 212 Å². The van der Waals surface area contributed by atoms with Crippen LogP contribution in [0, 0.1) is 0 Å². The normalized spacial score (nSPS) is 11.9. The average molecular weight is 1250 g/mol. The number of aromatic nitrogens is 5. The summed E-state index contributed by atoms with van der Waals surface area (Å²) in [5, 5.41) is 10.7. The molecular weight excluding hydrogens is 1190 g/mol. The van der Waals surface area contributed by atoms with E-state index in [-0.39, 0.29) is 0 Å². The lowest BCUT2D eigenvalue weighted by atomic mass is 9.91. The van der Waals surface area contributed by atoms with Crippen molar-refractivity contribution < 1.29 is 0 Å². The SMILES string of the molecule is c1ccc(-c2cc(-c3ccccc3)cc(-c3cccc(-c4cc(-n5c6ccccc6c6cc(-c7ccc8c(c7)c7ccccc7n8-c7ccccc7)ccc65)nc5ccc(-n6c7ccccc7c7cc(-c8ccc9c(c8)c8ccccc8n9-c8ccccc8)ccc76)cc45)c3)c2)cc1. The van der Waals surface area contributed by atoms with Gasteiger partial charge in [0.2, 0.25) is 0 Å². The summed E-state index contributed by atoms with van der Waals surface area (Å²) in [7, 11) is 0. The largest absolute Gasteiger partial charge is 0.309 e. The van der Waals surface area contributed by atoms with Gasteiger partial charge in [0.1, 0.15) is 5.82 Å². The molecule has 0 N–H and O–H groups in total. The van der Waals surface area contributed by atoms with Crippen LogP contribution in [0.5, 0.6) is 0 Å². The number of hydrogen-bond acceptors (Lipinski definition) is 1. The Hall–Kier alpha value is -13.1. The molecule has 5 aromatic heterocycles. The zero-order chi connectivity index (χ0) is 64.4. The zero-order valence-corrected chi connectivity index (χ0v) is 53.3. The van der Waals surface area contributed by atoms with Gasteiger partial charge in [-0.25, -0.2) is 4.98 Å². The Kier molecular flexibility index (Phi) is 12.6. The van der Waals surface area contributed by atoms with Crippen LogP contribution in [0.1, 0.15) is 0 Å². The van der Waals surface area contributed by atoms with Crippen molar-refractivity contribution in [2.24, 2.45) is 0 Å². The molecule has 15 aromatic carbocycles. The van der Waals surface area contributed by atoms with Gasteiger partial charge in [-0.3, -0.25) is 4.57 Å². The van der Waals surface area contributed by atoms with E-state index in [1.165, 1.54) is 104 Å². The number of fused-ring (bicyclic) bond motifs is 13. The highest BCUT2D eigenvalue weighted by Gasteiger charge is 2.22. The van der Waals surface area contributed by atoms with Gasteiger partial charge in [0.25, 0.3) is 0 Å². The summed E-state index contributed by atoms with van der Waals surface area (Å²) in [6, 6.07) is 131.